The van der Waals surface area contributed by atoms with Crippen molar-refractivity contribution in [1.82, 2.24) is 19.5 Å². The smallest absolute Gasteiger partial charge is 0.339 e. The highest BCUT2D eigenvalue weighted by Gasteiger charge is 2.33. The van der Waals surface area contributed by atoms with Gasteiger partial charge in [0.2, 0.25) is 0 Å². The normalized spacial score (nSPS) is 12.6. The van der Waals surface area contributed by atoms with Crippen LogP contribution in [0.5, 0.6) is 0 Å². The number of methoxy groups -OCH3 is 1. The number of benzene rings is 2. The summed E-state index contributed by atoms with van der Waals surface area (Å²) in [6.45, 7) is 7.76. The Labute approximate surface area is 259 Å². The van der Waals surface area contributed by atoms with Gasteiger partial charge in [0.1, 0.15) is 10.7 Å². The van der Waals surface area contributed by atoms with E-state index in [2.05, 4.69) is 17.2 Å². The lowest BCUT2D eigenvalue weighted by Gasteiger charge is -2.28. The Morgan fingerprint density at radius 1 is 1.05 bits per heavy atom. The lowest BCUT2D eigenvalue weighted by Crippen LogP contribution is -2.29. The van der Waals surface area contributed by atoms with Crippen molar-refractivity contribution in [1.29, 1.82) is 0 Å². The number of hydrogen-bond donors (Lipinski definition) is 0. The van der Waals surface area contributed by atoms with Crippen LogP contribution in [0.3, 0.4) is 0 Å². The second-order valence-electron chi connectivity index (χ2n) is 11.5. The molecule has 0 bridgehead atoms. The number of nitrogens with zero attached hydrogens (tertiary/aromatic N) is 4. The summed E-state index contributed by atoms with van der Waals surface area (Å²) in [5.41, 5.74) is 7.50. The van der Waals surface area contributed by atoms with Crippen LogP contribution in [0.4, 0.5) is 0 Å². The molecule has 9 heteroatoms. The first kappa shape index (κ1) is 29.0. The lowest BCUT2D eigenvalue weighted by molar-refractivity contribution is -0.164. The number of pyridine rings is 2. The summed E-state index contributed by atoms with van der Waals surface area (Å²) in [6.07, 6.45) is 6.63. The molecule has 0 saturated carbocycles. The minimum absolute atomic E-state index is 0.459. The number of ether oxygens (including phenoxy) is 2. The van der Waals surface area contributed by atoms with Gasteiger partial charge in [0.25, 0.3) is 0 Å². The molecule has 0 spiro atoms. The van der Waals surface area contributed by atoms with Crippen molar-refractivity contribution < 1.29 is 14.3 Å². The van der Waals surface area contributed by atoms with E-state index in [0.29, 0.717) is 5.02 Å². The lowest BCUT2D eigenvalue weighted by atomic mass is 9.91. The van der Waals surface area contributed by atoms with E-state index in [1.807, 2.05) is 94.2 Å². The van der Waals surface area contributed by atoms with Crippen molar-refractivity contribution in [3.8, 4) is 32.8 Å². The van der Waals surface area contributed by atoms with E-state index in [1.165, 1.54) is 7.11 Å². The molecule has 4 aromatic heterocycles. The summed E-state index contributed by atoms with van der Waals surface area (Å²) >= 11 is 7.84. The number of esters is 1. The van der Waals surface area contributed by atoms with Gasteiger partial charge in [0, 0.05) is 70.1 Å². The second kappa shape index (κ2) is 11.2. The van der Waals surface area contributed by atoms with E-state index in [9.17, 15) is 4.79 Å². The molecular weight excluding hydrogens is 580 g/mol. The Bertz CT molecular complexity index is 1980. The number of halogens is 1. The third-order valence-corrected chi connectivity index (χ3v) is 8.63. The highest BCUT2D eigenvalue weighted by molar-refractivity contribution is 7.22. The molecule has 0 aliphatic carbocycles. The standard InChI is InChI=1S/C34H31ClN4O3S/c1-19-14-26-30(28(20-9-11-23(35)12-10-20)27(19)29(33(40)41-6)42-34(2,3)4)43-32(38-26)22-15-24-25(21-8-7-13-36-16-21)18-39(5)31(24)37-17-22/h7-18,29H,1-6H3/t29-/m0/s1. The molecule has 0 amide bonds. The molecule has 0 fully saturated rings. The van der Waals surface area contributed by atoms with Gasteiger partial charge in [-0.3, -0.25) is 4.98 Å². The summed E-state index contributed by atoms with van der Waals surface area (Å²) in [5.74, 6) is -0.459. The fourth-order valence-corrected chi connectivity index (χ4v) is 6.62. The van der Waals surface area contributed by atoms with Crippen LogP contribution >= 0.6 is 22.9 Å². The van der Waals surface area contributed by atoms with E-state index in [1.54, 1.807) is 17.5 Å². The van der Waals surface area contributed by atoms with Crippen molar-refractivity contribution in [3.05, 3.63) is 89.5 Å². The van der Waals surface area contributed by atoms with Crippen molar-refractivity contribution in [2.45, 2.75) is 39.4 Å². The first-order valence-corrected chi connectivity index (χ1v) is 15.0. The molecule has 6 aromatic rings. The predicted molar refractivity (Wildman–Crippen MR) is 173 cm³/mol. The highest BCUT2D eigenvalue weighted by atomic mass is 35.5. The average Bonchev–Trinajstić information content (AvgIpc) is 3.56. The van der Waals surface area contributed by atoms with Gasteiger partial charge in [0.15, 0.2) is 6.10 Å². The number of rotatable bonds is 6. The molecule has 4 heterocycles. The molecule has 0 N–H and O–H groups in total. The minimum atomic E-state index is -0.935. The maximum absolute atomic E-state index is 13.2. The quantitative estimate of drug-likeness (QED) is 0.176. The number of carbonyl (C=O) groups is 1. The average molecular weight is 611 g/mol. The number of carbonyl (C=O) groups excluding carboxylic acids is 1. The Balaban J connectivity index is 1.59. The van der Waals surface area contributed by atoms with Gasteiger partial charge in [0.05, 0.1) is 22.9 Å². The van der Waals surface area contributed by atoms with E-state index in [0.717, 1.165) is 65.2 Å². The third kappa shape index (κ3) is 5.54. The van der Waals surface area contributed by atoms with Crippen LogP contribution in [0.15, 0.2) is 73.3 Å². The van der Waals surface area contributed by atoms with Crippen LogP contribution in [0.2, 0.25) is 5.02 Å². The Hall–Kier alpha value is -4.11. The van der Waals surface area contributed by atoms with E-state index in [-0.39, 0.29) is 0 Å². The summed E-state index contributed by atoms with van der Waals surface area (Å²) in [4.78, 5) is 27.4. The zero-order valence-electron chi connectivity index (χ0n) is 24.8. The van der Waals surface area contributed by atoms with Crippen LogP contribution in [0.25, 0.3) is 54.1 Å². The monoisotopic (exact) mass is 610 g/mol. The van der Waals surface area contributed by atoms with Crippen molar-refractivity contribution in [2.75, 3.05) is 7.11 Å². The molecule has 0 radical (unpaired) electrons. The fourth-order valence-electron chi connectivity index (χ4n) is 5.39. The molecular formula is C34H31ClN4O3S. The molecule has 0 unspecified atom stereocenters. The van der Waals surface area contributed by atoms with Crippen molar-refractivity contribution in [2.24, 2.45) is 7.05 Å². The van der Waals surface area contributed by atoms with E-state index in [4.69, 9.17) is 31.0 Å². The molecule has 6 rings (SSSR count). The molecule has 43 heavy (non-hydrogen) atoms. The summed E-state index contributed by atoms with van der Waals surface area (Å²) in [5, 5.41) is 2.47. The van der Waals surface area contributed by atoms with Gasteiger partial charge >= 0.3 is 5.97 Å². The number of aryl methyl sites for hydroxylation is 2. The zero-order valence-corrected chi connectivity index (χ0v) is 26.4. The van der Waals surface area contributed by atoms with E-state index >= 15 is 0 Å². The molecule has 2 aromatic carbocycles. The number of hydrogen-bond acceptors (Lipinski definition) is 7. The van der Waals surface area contributed by atoms with Crippen molar-refractivity contribution in [3.63, 3.8) is 0 Å². The summed E-state index contributed by atoms with van der Waals surface area (Å²) in [7, 11) is 3.38. The van der Waals surface area contributed by atoms with Crippen LogP contribution in [-0.2, 0) is 21.3 Å². The summed E-state index contributed by atoms with van der Waals surface area (Å²) < 4.78 is 14.6. The first-order chi connectivity index (χ1) is 20.5. The SMILES string of the molecule is COC(=O)[C@@H](OC(C)(C)C)c1c(C)cc2nc(-c3cnc4c(c3)c(-c3cccnc3)cn4C)sc2c1-c1ccc(Cl)cc1. The molecule has 0 saturated heterocycles. The Kier molecular flexibility index (Phi) is 7.54. The van der Waals surface area contributed by atoms with Crippen LogP contribution in [0.1, 0.15) is 38.0 Å². The number of fused-ring (bicyclic) bond motifs is 2. The largest absolute Gasteiger partial charge is 0.467 e. The van der Waals surface area contributed by atoms with Crippen LogP contribution < -0.4 is 0 Å². The van der Waals surface area contributed by atoms with E-state index < -0.39 is 17.7 Å². The summed E-state index contributed by atoms with van der Waals surface area (Å²) in [6, 6.07) is 15.8. The molecule has 218 valence electrons. The van der Waals surface area contributed by atoms with Gasteiger partial charge in [-0.1, -0.05) is 29.8 Å². The van der Waals surface area contributed by atoms with Gasteiger partial charge in [-0.2, -0.15) is 0 Å². The zero-order chi connectivity index (χ0) is 30.5. The van der Waals surface area contributed by atoms with Gasteiger partial charge in [-0.25, -0.2) is 14.8 Å². The van der Waals surface area contributed by atoms with Crippen molar-refractivity contribution >= 4 is 50.2 Å². The topological polar surface area (TPSA) is 79.1 Å². The fraction of sp³-hybridized carbons (Fsp3) is 0.235. The second-order valence-corrected chi connectivity index (χ2v) is 12.9. The molecule has 0 aliphatic rings. The maximum Gasteiger partial charge on any atom is 0.339 e. The molecule has 7 nitrogen and oxygen atoms in total. The molecule has 1 atom stereocenters. The minimum Gasteiger partial charge on any atom is -0.467 e. The predicted octanol–water partition coefficient (Wildman–Crippen LogP) is 8.57. The Morgan fingerprint density at radius 2 is 1.81 bits per heavy atom. The van der Waals surface area contributed by atoms with Gasteiger partial charge in [-0.15, -0.1) is 11.3 Å². The number of thiazole rings is 1. The first-order valence-electron chi connectivity index (χ1n) is 13.9. The molecule has 0 aliphatic heterocycles. The van der Waals surface area contributed by atoms with Gasteiger partial charge < -0.3 is 14.0 Å². The maximum atomic E-state index is 13.2. The Morgan fingerprint density at radius 3 is 2.49 bits per heavy atom. The highest BCUT2D eigenvalue weighted by Crippen LogP contribution is 2.45. The number of aromatic nitrogens is 4. The van der Waals surface area contributed by atoms with Gasteiger partial charge in [-0.05, 0) is 69.2 Å². The third-order valence-electron chi connectivity index (χ3n) is 7.24. The van der Waals surface area contributed by atoms with Crippen LogP contribution in [-0.4, -0.2) is 38.2 Å². The van der Waals surface area contributed by atoms with Crippen LogP contribution in [0, 0.1) is 6.92 Å².